The molecule has 21 heavy (non-hydrogen) atoms. The van der Waals surface area contributed by atoms with Gasteiger partial charge in [0.1, 0.15) is 16.9 Å². The number of methoxy groups -OCH3 is 1. The zero-order valence-electron chi connectivity index (χ0n) is 11.8. The van der Waals surface area contributed by atoms with Crippen molar-refractivity contribution in [1.82, 2.24) is 0 Å². The molecule has 3 N–H and O–H groups in total. The fourth-order valence-electron chi connectivity index (χ4n) is 2.26. The van der Waals surface area contributed by atoms with Crippen LogP contribution >= 0.6 is 0 Å². The van der Waals surface area contributed by atoms with Gasteiger partial charge in [0.15, 0.2) is 0 Å². The summed E-state index contributed by atoms with van der Waals surface area (Å²) >= 11 is 0. The molecule has 0 saturated heterocycles. The van der Waals surface area contributed by atoms with Crippen molar-refractivity contribution in [2.45, 2.75) is 13.0 Å². The van der Waals surface area contributed by atoms with Crippen LogP contribution in [-0.2, 0) is 4.79 Å². The maximum atomic E-state index is 11.8. The highest BCUT2D eigenvalue weighted by Crippen LogP contribution is 2.36. The number of ether oxygens (including phenoxy) is 1. The van der Waals surface area contributed by atoms with Gasteiger partial charge in [-0.15, -0.1) is 0 Å². The number of para-hydroxylation sites is 1. The number of fused-ring (bicyclic) bond motifs is 3. The molecule has 0 spiro atoms. The van der Waals surface area contributed by atoms with Gasteiger partial charge in [-0.05, 0) is 19.1 Å². The van der Waals surface area contributed by atoms with Crippen LogP contribution in [-0.4, -0.2) is 19.1 Å². The number of benzene rings is 2. The average Bonchev–Trinajstić information content (AvgIpc) is 2.83. The Kier molecular flexibility index (Phi) is 3.27. The summed E-state index contributed by atoms with van der Waals surface area (Å²) in [6, 6.07) is 10.8. The Labute approximate surface area is 121 Å². The monoisotopic (exact) mass is 284 g/mol. The summed E-state index contributed by atoms with van der Waals surface area (Å²) in [4.78, 5) is 11.8. The average molecular weight is 284 g/mol. The van der Waals surface area contributed by atoms with E-state index in [9.17, 15) is 4.79 Å². The number of carbonyl (C=O) groups excluding carboxylic acids is 1. The number of hydrogen-bond donors (Lipinski definition) is 2. The van der Waals surface area contributed by atoms with Crippen LogP contribution in [0.3, 0.4) is 0 Å². The van der Waals surface area contributed by atoms with Gasteiger partial charge in [-0.3, -0.25) is 4.79 Å². The van der Waals surface area contributed by atoms with Gasteiger partial charge in [0.25, 0.3) is 0 Å². The first-order chi connectivity index (χ1) is 10.1. The Bertz CT molecular complexity index is 821. The molecule has 1 amide bonds. The van der Waals surface area contributed by atoms with Crippen LogP contribution in [0.15, 0.2) is 40.8 Å². The van der Waals surface area contributed by atoms with Crippen LogP contribution in [0.4, 0.5) is 5.69 Å². The molecule has 3 rings (SSSR count). The maximum absolute atomic E-state index is 11.8. The molecule has 1 heterocycles. The number of anilines is 1. The highest BCUT2D eigenvalue weighted by atomic mass is 16.5. The molecule has 0 fully saturated rings. The lowest BCUT2D eigenvalue weighted by Gasteiger charge is -2.11. The Morgan fingerprint density at radius 2 is 2.00 bits per heavy atom. The molecule has 5 nitrogen and oxygen atoms in total. The molecule has 0 saturated carbocycles. The lowest BCUT2D eigenvalue weighted by atomic mass is 10.1. The van der Waals surface area contributed by atoms with Crippen molar-refractivity contribution >= 4 is 33.5 Å². The summed E-state index contributed by atoms with van der Waals surface area (Å²) in [5.41, 5.74) is 7.61. The number of hydrogen-bond acceptors (Lipinski definition) is 4. The van der Waals surface area contributed by atoms with Gasteiger partial charge >= 0.3 is 0 Å². The van der Waals surface area contributed by atoms with Gasteiger partial charge in [-0.2, -0.15) is 0 Å². The lowest BCUT2D eigenvalue weighted by Crippen LogP contribution is -2.32. The summed E-state index contributed by atoms with van der Waals surface area (Å²) in [6.45, 7) is 1.63. The van der Waals surface area contributed by atoms with Crippen molar-refractivity contribution in [3.05, 3.63) is 36.4 Å². The molecule has 0 aliphatic heterocycles. The number of furan rings is 1. The van der Waals surface area contributed by atoms with E-state index in [1.165, 1.54) is 0 Å². The Morgan fingerprint density at radius 1 is 1.24 bits per heavy atom. The van der Waals surface area contributed by atoms with Crippen LogP contribution in [0.25, 0.3) is 21.9 Å². The van der Waals surface area contributed by atoms with Gasteiger partial charge in [0.05, 0.1) is 18.8 Å². The van der Waals surface area contributed by atoms with Crippen LogP contribution in [0.5, 0.6) is 5.75 Å². The first kappa shape index (κ1) is 13.5. The second-order valence-corrected chi connectivity index (χ2v) is 4.92. The Hall–Kier alpha value is -2.53. The van der Waals surface area contributed by atoms with Gasteiger partial charge in [0.2, 0.25) is 5.91 Å². The van der Waals surface area contributed by atoms with E-state index < -0.39 is 6.04 Å². The predicted molar refractivity (Wildman–Crippen MR) is 82.6 cm³/mol. The largest absolute Gasteiger partial charge is 0.495 e. The zero-order valence-corrected chi connectivity index (χ0v) is 11.8. The van der Waals surface area contributed by atoms with Crippen molar-refractivity contribution in [2.24, 2.45) is 5.73 Å². The second-order valence-electron chi connectivity index (χ2n) is 4.92. The molecular formula is C16H16N2O3. The normalized spacial score (nSPS) is 12.5. The minimum Gasteiger partial charge on any atom is -0.495 e. The lowest BCUT2D eigenvalue weighted by molar-refractivity contribution is -0.117. The maximum Gasteiger partial charge on any atom is 0.241 e. The molecular weight excluding hydrogens is 268 g/mol. The fraction of sp³-hybridized carbons (Fsp3) is 0.188. The van der Waals surface area contributed by atoms with Crippen molar-refractivity contribution in [3.63, 3.8) is 0 Å². The molecule has 1 aromatic heterocycles. The van der Waals surface area contributed by atoms with E-state index in [0.29, 0.717) is 17.0 Å². The molecule has 1 atom stereocenters. The van der Waals surface area contributed by atoms with Gasteiger partial charge in [-0.1, -0.05) is 18.2 Å². The summed E-state index contributed by atoms with van der Waals surface area (Å²) in [5.74, 6) is 0.298. The first-order valence-corrected chi connectivity index (χ1v) is 6.66. The van der Waals surface area contributed by atoms with Crippen molar-refractivity contribution in [3.8, 4) is 5.75 Å². The summed E-state index contributed by atoms with van der Waals surface area (Å²) in [7, 11) is 1.56. The molecule has 0 aliphatic rings. The molecule has 3 aromatic rings. The van der Waals surface area contributed by atoms with Gasteiger partial charge < -0.3 is 20.2 Å². The van der Waals surface area contributed by atoms with E-state index in [1.54, 1.807) is 20.1 Å². The predicted octanol–water partition coefficient (Wildman–Crippen LogP) is 2.88. The second kappa shape index (κ2) is 5.10. The first-order valence-electron chi connectivity index (χ1n) is 6.66. The quantitative estimate of drug-likeness (QED) is 0.775. The standard InChI is InChI=1S/C16H16N2O3/c1-9(17)16(19)18-12-8-14-11(7-15(12)20-2)10-5-3-4-6-13(10)21-14/h3-9H,17H2,1-2H3,(H,18,19)/t9-/m1/s1. The van der Waals surface area contributed by atoms with Crippen LogP contribution < -0.4 is 15.8 Å². The van der Waals surface area contributed by atoms with E-state index in [1.807, 2.05) is 30.3 Å². The molecule has 0 radical (unpaired) electrons. The molecule has 0 unspecified atom stereocenters. The minimum atomic E-state index is -0.596. The third-order valence-corrected chi connectivity index (χ3v) is 3.37. The topological polar surface area (TPSA) is 77.5 Å². The summed E-state index contributed by atoms with van der Waals surface area (Å²) in [6.07, 6.45) is 0. The van der Waals surface area contributed by atoms with E-state index in [0.717, 1.165) is 16.4 Å². The molecule has 0 bridgehead atoms. The number of nitrogens with one attached hydrogen (secondary N) is 1. The number of amides is 1. The zero-order chi connectivity index (χ0) is 15.0. The molecule has 2 aromatic carbocycles. The number of rotatable bonds is 3. The van der Waals surface area contributed by atoms with Crippen molar-refractivity contribution in [1.29, 1.82) is 0 Å². The van der Waals surface area contributed by atoms with Gasteiger partial charge in [-0.25, -0.2) is 0 Å². The highest BCUT2D eigenvalue weighted by molar-refractivity contribution is 6.08. The molecule has 108 valence electrons. The van der Waals surface area contributed by atoms with Crippen molar-refractivity contribution < 1.29 is 13.9 Å². The third kappa shape index (κ3) is 2.32. The van der Waals surface area contributed by atoms with E-state index in [4.69, 9.17) is 14.9 Å². The van der Waals surface area contributed by atoms with Gasteiger partial charge in [0, 0.05) is 16.8 Å². The Balaban J connectivity index is 2.17. The van der Waals surface area contributed by atoms with Crippen molar-refractivity contribution in [2.75, 3.05) is 12.4 Å². The molecule has 5 heteroatoms. The SMILES string of the molecule is COc1cc2c(cc1NC(=O)[C@@H](C)N)oc1ccccc12. The molecule has 0 aliphatic carbocycles. The minimum absolute atomic E-state index is 0.274. The van der Waals surface area contributed by atoms with Crippen LogP contribution in [0.2, 0.25) is 0 Å². The number of nitrogens with two attached hydrogens (primary N) is 1. The summed E-state index contributed by atoms with van der Waals surface area (Å²) < 4.78 is 11.2. The van der Waals surface area contributed by atoms with E-state index >= 15 is 0 Å². The smallest absolute Gasteiger partial charge is 0.241 e. The van der Waals surface area contributed by atoms with Crippen LogP contribution in [0, 0.1) is 0 Å². The summed E-state index contributed by atoms with van der Waals surface area (Å²) in [5, 5.41) is 4.70. The fourth-order valence-corrected chi connectivity index (χ4v) is 2.26. The number of carbonyl (C=O) groups is 1. The van der Waals surface area contributed by atoms with Crippen LogP contribution in [0.1, 0.15) is 6.92 Å². The van der Waals surface area contributed by atoms with E-state index in [2.05, 4.69) is 5.32 Å². The highest BCUT2D eigenvalue weighted by Gasteiger charge is 2.15. The van der Waals surface area contributed by atoms with E-state index in [-0.39, 0.29) is 5.91 Å². The Morgan fingerprint density at radius 3 is 2.71 bits per heavy atom. The third-order valence-electron chi connectivity index (χ3n) is 3.37.